The van der Waals surface area contributed by atoms with Crippen LogP contribution in [0.4, 0.5) is 0 Å². The zero-order valence-electron chi connectivity index (χ0n) is 30.1. The van der Waals surface area contributed by atoms with Gasteiger partial charge in [-0.25, -0.2) is 0 Å². The van der Waals surface area contributed by atoms with Gasteiger partial charge in [-0.2, -0.15) is 0 Å². The fourth-order valence-corrected chi connectivity index (χ4v) is 4.81. The summed E-state index contributed by atoms with van der Waals surface area (Å²) in [7, 11) is 0. The molecule has 0 spiro atoms. The summed E-state index contributed by atoms with van der Waals surface area (Å²) in [4.78, 5) is 24.8. The zero-order chi connectivity index (χ0) is 33.6. The number of carbonyl (C=O) groups excluding carboxylic acids is 2. The fourth-order valence-electron chi connectivity index (χ4n) is 4.81. The molecule has 0 fully saturated rings. The molecule has 0 aromatic carbocycles. The van der Waals surface area contributed by atoms with Crippen LogP contribution in [0, 0.1) is 0 Å². The molecule has 5 heteroatoms. The smallest absolute Gasteiger partial charge is 0.306 e. The van der Waals surface area contributed by atoms with Crippen molar-refractivity contribution in [1.82, 2.24) is 0 Å². The molecule has 0 bridgehead atoms. The third-order valence-corrected chi connectivity index (χ3v) is 7.59. The van der Waals surface area contributed by atoms with Crippen LogP contribution >= 0.6 is 0 Å². The summed E-state index contributed by atoms with van der Waals surface area (Å²) in [5, 5.41) is 0. The van der Waals surface area contributed by atoms with Gasteiger partial charge in [0.25, 0.3) is 0 Å². The molecule has 0 saturated heterocycles. The fraction of sp³-hybridized carbons (Fsp3) is 0.707. The number of hydrogen-bond acceptors (Lipinski definition) is 5. The van der Waals surface area contributed by atoms with Gasteiger partial charge in [-0.3, -0.25) is 9.59 Å². The second kappa shape index (κ2) is 37.1. The second-order valence-corrected chi connectivity index (χ2v) is 12.1. The van der Waals surface area contributed by atoms with E-state index in [0.29, 0.717) is 19.4 Å². The predicted molar refractivity (Wildman–Crippen MR) is 196 cm³/mol. The Morgan fingerprint density at radius 1 is 0.500 bits per heavy atom. The molecular formula is C41H70O5. The van der Waals surface area contributed by atoms with Crippen molar-refractivity contribution in [3.63, 3.8) is 0 Å². The number of hydrogen-bond donors (Lipinski definition) is 0. The third-order valence-electron chi connectivity index (χ3n) is 7.59. The standard InChI is InChI=1S/C41H70O5/c1-4-7-10-13-15-17-18-19-20-21-22-23-25-27-30-33-36-44-37-39(46-41(43)35-32-28-12-9-6-3)38-45-40(42)34-31-29-26-24-16-14-11-8-5-2/h7,10,15,17,19-20,22-23,27,30,39H,4-6,8-9,11-14,16,18,21,24-26,28-29,31-38H2,1-3H3/b10-7-,17-15-,20-19-,23-22-,30-27-. The minimum atomic E-state index is -0.566. The van der Waals surface area contributed by atoms with E-state index in [0.717, 1.165) is 70.6 Å². The lowest BCUT2D eigenvalue weighted by Gasteiger charge is -2.18. The van der Waals surface area contributed by atoms with Gasteiger partial charge in [0.1, 0.15) is 6.61 Å². The normalized spacial score (nSPS) is 12.8. The summed E-state index contributed by atoms with van der Waals surface area (Å²) in [5.74, 6) is -0.458. The molecule has 5 nitrogen and oxygen atoms in total. The van der Waals surface area contributed by atoms with Crippen LogP contribution in [0.3, 0.4) is 0 Å². The first-order chi connectivity index (χ1) is 22.6. The van der Waals surface area contributed by atoms with Crippen LogP contribution in [0.25, 0.3) is 0 Å². The van der Waals surface area contributed by atoms with E-state index in [1.54, 1.807) is 0 Å². The first-order valence-corrected chi connectivity index (χ1v) is 18.8. The number of ether oxygens (including phenoxy) is 3. The summed E-state index contributed by atoms with van der Waals surface area (Å²) in [6.07, 6.45) is 44.0. The van der Waals surface area contributed by atoms with Crippen LogP contribution in [0.1, 0.15) is 162 Å². The molecule has 264 valence electrons. The van der Waals surface area contributed by atoms with E-state index in [9.17, 15) is 9.59 Å². The Hall–Kier alpha value is -2.40. The zero-order valence-corrected chi connectivity index (χ0v) is 30.1. The quantitative estimate of drug-likeness (QED) is 0.0405. The highest BCUT2D eigenvalue weighted by Gasteiger charge is 2.17. The lowest BCUT2D eigenvalue weighted by Crippen LogP contribution is -2.30. The Morgan fingerprint density at radius 3 is 1.43 bits per heavy atom. The van der Waals surface area contributed by atoms with E-state index in [1.165, 1.54) is 57.8 Å². The molecule has 0 aromatic heterocycles. The lowest BCUT2D eigenvalue weighted by atomic mass is 10.1. The molecule has 0 radical (unpaired) electrons. The van der Waals surface area contributed by atoms with Crippen LogP contribution in [0.5, 0.6) is 0 Å². The third kappa shape index (κ3) is 34.5. The molecule has 0 N–H and O–H groups in total. The summed E-state index contributed by atoms with van der Waals surface area (Å²) >= 11 is 0. The van der Waals surface area contributed by atoms with Crippen molar-refractivity contribution in [1.29, 1.82) is 0 Å². The van der Waals surface area contributed by atoms with Gasteiger partial charge in [0, 0.05) is 12.8 Å². The predicted octanol–water partition coefficient (Wildman–Crippen LogP) is 11.9. The maximum absolute atomic E-state index is 12.4. The molecule has 0 saturated carbocycles. The van der Waals surface area contributed by atoms with Gasteiger partial charge in [-0.05, 0) is 51.4 Å². The Balaban J connectivity index is 4.26. The van der Waals surface area contributed by atoms with Gasteiger partial charge < -0.3 is 14.2 Å². The highest BCUT2D eigenvalue weighted by Crippen LogP contribution is 2.12. The topological polar surface area (TPSA) is 61.8 Å². The largest absolute Gasteiger partial charge is 0.462 e. The first-order valence-electron chi connectivity index (χ1n) is 18.8. The maximum atomic E-state index is 12.4. The van der Waals surface area contributed by atoms with E-state index in [2.05, 4.69) is 81.5 Å². The second-order valence-electron chi connectivity index (χ2n) is 12.1. The molecule has 0 aliphatic heterocycles. The molecule has 1 unspecified atom stereocenters. The van der Waals surface area contributed by atoms with Crippen LogP contribution in [0.15, 0.2) is 60.8 Å². The molecule has 46 heavy (non-hydrogen) atoms. The summed E-state index contributed by atoms with van der Waals surface area (Å²) in [6.45, 7) is 7.39. The average molecular weight is 643 g/mol. The Bertz CT molecular complexity index is 823. The Morgan fingerprint density at radius 2 is 0.935 bits per heavy atom. The number of allylic oxidation sites excluding steroid dienone is 9. The van der Waals surface area contributed by atoms with Gasteiger partial charge in [0.2, 0.25) is 0 Å². The maximum Gasteiger partial charge on any atom is 0.306 e. The van der Waals surface area contributed by atoms with Gasteiger partial charge >= 0.3 is 11.9 Å². The van der Waals surface area contributed by atoms with Crippen LogP contribution in [-0.4, -0.2) is 37.9 Å². The van der Waals surface area contributed by atoms with Crippen molar-refractivity contribution in [3.05, 3.63) is 60.8 Å². The number of esters is 2. The molecule has 0 heterocycles. The minimum Gasteiger partial charge on any atom is -0.462 e. The number of rotatable bonds is 33. The monoisotopic (exact) mass is 643 g/mol. The van der Waals surface area contributed by atoms with Crippen LogP contribution in [0.2, 0.25) is 0 Å². The summed E-state index contributed by atoms with van der Waals surface area (Å²) < 4.78 is 17.0. The summed E-state index contributed by atoms with van der Waals surface area (Å²) in [5.41, 5.74) is 0. The lowest BCUT2D eigenvalue weighted by molar-refractivity contribution is -0.162. The highest BCUT2D eigenvalue weighted by molar-refractivity contribution is 5.70. The van der Waals surface area contributed by atoms with Gasteiger partial charge in [-0.15, -0.1) is 0 Å². The SMILES string of the molecule is CC/C=C\C/C=C\C/C=C\C/C=C\C/C=C\CCOCC(COC(=O)CCCCCCCCCCC)OC(=O)CCCCCCC. The average Bonchev–Trinajstić information content (AvgIpc) is 3.05. The van der Waals surface area contributed by atoms with Gasteiger partial charge in [0.15, 0.2) is 6.10 Å². The van der Waals surface area contributed by atoms with Crippen molar-refractivity contribution in [2.75, 3.05) is 19.8 Å². The Kier molecular flexibility index (Phi) is 35.1. The molecular weight excluding hydrogens is 572 g/mol. The van der Waals surface area contributed by atoms with Gasteiger partial charge in [0.05, 0.1) is 13.2 Å². The molecule has 0 aliphatic carbocycles. The van der Waals surface area contributed by atoms with Crippen LogP contribution < -0.4 is 0 Å². The van der Waals surface area contributed by atoms with Crippen LogP contribution in [-0.2, 0) is 23.8 Å². The van der Waals surface area contributed by atoms with E-state index in [1.807, 2.05) is 0 Å². The first kappa shape index (κ1) is 43.6. The van der Waals surface area contributed by atoms with Crippen molar-refractivity contribution >= 4 is 11.9 Å². The minimum absolute atomic E-state index is 0.0551. The highest BCUT2D eigenvalue weighted by atomic mass is 16.6. The van der Waals surface area contributed by atoms with E-state index >= 15 is 0 Å². The van der Waals surface area contributed by atoms with Gasteiger partial charge in [-0.1, -0.05) is 159 Å². The molecule has 0 rings (SSSR count). The number of carbonyl (C=O) groups is 2. The molecule has 1 atom stereocenters. The van der Waals surface area contributed by atoms with Crippen molar-refractivity contribution in [2.45, 2.75) is 168 Å². The molecule has 0 amide bonds. The Labute approximate surface area is 284 Å². The molecule has 0 aliphatic rings. The van der Waals surface area contributed by atoms with Crippen molar-refractivity contribution in [3.8, 4) is 0 Å². The number of unbranched alkanes of at least 4 members (excludes halogenated alkanes) is 12. The van der Waals surface area contributed by atoms with E-state index in [4.69, 9.17) is 14.2 Å². The van der Waals surface area contributed by atoms with E-state index in [-0.39, 0.29) is 25.2 Å². The van der Waals surface area contributed by atoms with E-state index < -0.39 is 6.10 Å². The van der Waals surface area contributed by atoms with Crippen molar-refractivity contribution in [2.24, 2.45) is 0 Å². The molecule has 0 aromatic rings. The van der Waals surface area contributed by atoms with Crippen molar-refractivity contribution < 1.29 is 23.8 Å². The summed E-state index contributed by atoms with van der Waals surface area (Å²) in [6, 6.07) is 0.